The number of aromatic nitrogens is 2. The SMILES string of the molecule is COC(=O)c1ccccc1Cn1nc(C)c(NC(=O)/C=C/c2ccc(OC)c(COc3ccccc3C)c2)c1C. The number of carbonyl (C=O) groups excluding carboxylic acids is 2. The van der Waals surface area contributed by atoms with Gasteiger partial charge < -0.3 is 19.5 Å². The first-order chi connectivity index (χ1) is 19.3. The predicted molar refractivity (Wildman–Crippen MR) is 155 cm³/mol. The topological polar surface area (TPSA) is 91.7 Å². The Labute approximate surface area is 234 Å². The first-order valence-corrected chi connectivity index (χ1v) is 12.8. The van der Waals surface area contributed by atoms with Crippen molar-refractivity contribution in [2.75, 3.05) is 19.5 Å². The number of methoxy groups -OCH3 is 2. The van der Waals surface area contributed by atoms with Gasteiger partial charge >= 0.3 is 5.97 Å². The summed E-state index contributed by atoms with van der Waals surface area (Å²) in [5, 5.41) is 7.53. The molecule has 0 saturated carbocycles. The average Bonchev–Trinajstić information content (AvgIpc) is 3.22. The third kappa shape index (κ3) is 6.58. The largest absolute Gasteiger partial charge is 0.496 e. The fourth-order valence-electron chi connectivity index (χ4n) is 4.39. The quantitative estimate of drug-likeness (QED) is 0.200. The summed E-state index contributed by atoms with van der Waals surface area (Å²) in [4.78, 5) is 25.0. The van der Waals surface area contributed by atoms with E-state index in [1.54, 1.807) is 30.0 Å². The molecule has 1 amide bonds. The van der Waals surface area contributed by atoms with Gasteiger partial charge in [0.2, 0.25) is 5.91 Å². The number of ether oxygens (including phenoxy) is 3. The Balaban J connectivity index is 1.46. The van der Waals surface area contributed by atoms with E-state index in [2.05, 4.69) is 10.4 Å². The first-order valence-electron chi connectivity index (χ1n) is 12.8. The number of anilines is 1. The number of hydrogen-bond donors (Lipinski definition) is 1. The lowest BCUT2D eigenvalue weighted by atomic mass is 10.1. The minimum absolute atomic E-state index is 0.283. The molecule has 0 fully saturated rings. The molecule has 1 N–H and O–H groups in total. The van der Waals surface area contributed by atoms with Crippen LogP contribution in [-0.2, 0) is 22.7 Å². The summed E-state index contributed by atoms with van der Waals surface area (Å²) in [7, 11) is 2.98. The van der Waals surface area contributed by atoms with E-state index in [4.69, 9.17) is 14.2 Å². The van der Waals surface area contributed by atoms with Gasteiger partial charge in [0.05, 0.1) is 43.4 Å². The van der Waals surface area contributed by atoms with Crippen LogP contribution in [0.25, 0.3) is 6.08 Å². The molecule has 0 aliphatic heterocycles. The van der Waals surface area contributed by atoms with E-state index < -0.39 is 5.97 Å². The Morgan fingerprint density at radius 3 is 2.42 bits per heavy atom. The van der Waals surface area contributed by atoms with Crippen molar-refractivity contribution in [3.63, 3.8) is 0 Å². The van der Waals surface area contributed by atoms with Gasteiger partial charge in [-0.15, -0.1) is 0 Å². The zero-order chi connectivity index (χ0) is 28.6. The van der Waals surface area contributed by atoms with Crippen LogP contribution in [0.15, 0.2) is 72.8 Å². The highest BCUT2D eigenvalue weighted by Crippen LogP contribution is 2.25. The number of esters is 1. The van der Waals surface area contributed by atoms with Gasteiger partial charge in [-0.25, -0.2) is 4.79 Å². The molecule has 40 heavy (non-hydrogen) atoms. The highest BCUT2D eigenvalue weighted by Gasteiger charge is 2.17. The van der Waals surface area contributed by atoms with Gasteiger partial charge in [0.15, 0.2) is 0 Å². The van der Waals surface area contributed by atoms with Crippen LogP contribution >= 0.6 is 0 Å². The Morgan fingerprint density at radius 2 is 1.68 bits per heavy atom. The molecule has 4 rings (SSSR count). The van der Waals surface area contributed by atoms with E-state index in [9.17, 15) is 9.59 Å². The molecule has 1 heterocycles. The van der Waals surface area contributed by atoms with Crippen LogP contribution in [0.1, 0.15) is 44.0 Å². The molecule has 0 aliphatic carbocycles. The van der Waals surface area contributed by atoms with Crippen LogP contribution in [0, 0.1) is 20.8 Å². The average molecular weight is 540 g/mol. The third-order valence-electron chi connectivity index (χ3n) is 6.58. The van der Waals surface area contributed by atoms with E-state index in [1.165, 1.54) is 13.2 Å². The highest BCUT2D eigenvalue weighted by molar-refractivity contribution is 6.02. The van der Waals surface area contributed by atoms with E-state index in [0.717, 1.165) is 33.7 Å². The maximum atomic E-state index is 12.9. The van der Waals surface area contributed by atoms with Crippen molar-refractivity contribution >= 4 is 23.6 Å². The van der Waals surface area contributed by atoms with Crippen LogP contribution in [0.2, 0.25) is 0 Å². The number of benzene rings is 3. The van der Waals surface area contributed by atoms with Crippen LogP contribution in [0.3, 0.4) is 0 Å². The number of aryl methyl sites for hydroxylation is 2. The molecule has 8 heteroatoms. The van der Waals surface area contributed by atoms with Gasteiger partial charge in [-0.2, -0.15) is 5.10 Å². The van der Waals surface area contributed by atoms with E-state index in [0.29, 0.717) is 35.8 Å². The smallest absolute Gasteiger partial charge is 0.338 e. The molecular formula is C32H33N3O5. The molecule has 0 radical (unpaired) electrons. The molecular weight excluding hydrogens is 506 g/mol. The minimum Gasteiger partial charge on any atom is -0.496 e. The van der Waals surface area contributed by atoms with Crippen molar-refractivity contribution in [2.24, 2.45) is 0 Å². The Kier molecular flexibility index (Phi) is 9.01. The van der Waals surface area contributed by atoms with Crippen LogP contribution in [0.4, 0.5) is 5.69 Å². The Bertz CT molecular complexity index is 1550. The van der Waals surface area contributed by atoms with Gasteiger partial charge in [-0.05, 0) is 67.8 Å². The summed E-state index contributed by atoms with van der Waals surface area (Å²) in [5.41, 5.74) is 6.10. The molecule has 0 atom stereocenters. The molecule has 0 aliphatic rings. The van der Waals surface area contributed by atoms with Crippen LogP contribution in [0.5, 0.6) is 11.5 Å². The molecule has 0 saturated heterocycles. The maximum Gasteiger partial charge on any atom is 0.338 e. The summed E-state index contributed by atoms with van der Waals surface area (Å²) >= 11 is 0. The fourth-order valence-corrected chi connectivity index (χ4v) is 4.39. The lowest BCUT2D eigenvalue weighted by Gasteiger charge is -2.12. The summed E-state index contributed by atoms with van der Waals surface area (Å²) in [5.74, 6) is 0.834. The van der Waals surface area contributed by atoms with Crippen molar-refractivity contribution in [1.29, 1.82) is 0 Å². The Morgan fingerprint density at radius 1 is 0.925 bits per heavy atom. The predicted octanol–water partition coefficient (Wildman–Crippen LogP) is 5.88. The second-order valence-corrected chi connectivity index (χ2v) is 9.30. The lowest BCUT2D eigenvalue weighted by Crippen LogP contribution is -2.12. The monoisotopic (exact) mass is 539 g/mol. The lowest BCUT2D eigenvalue weighted by molar-refractivity contribution is -0.111. The van der Waals surface area contributed by atoms with Crippen molar-refractivity contribution in [3.05, 3.63) is 112 Å². The second kappa shape index (κ2) is 12.8. The normalized spacial score (nSPS) is 10.9. The molecule has 0 bridgehead atoms. The minimum atomic E-state index is -0.403. The number of carbonyl (C=O) groups is 2. The Hall–Kier alpha value is -4.85. The molecule has 0 unspecified atom stereocenters. The molecule has 4 aromatic rings. The first kappa shape index (κ1) is 28.2. The zero-order valence-electron chi connectivity index (χ0n) is 23.4. The van der Waals surface area contributed by atoms with Crippen LogP contribution < -0.4 is 14.8 Å². The van der Waals surface area contributed by atoms with E-state index in [1.807, 2.05) is 75.4 Å². The number of rotatable bonds is 10. The summed E-state index contributed by atoms with van der Waals surface area (Å²) in [6.45, 7) is 6.41. The van der Waals surface area contributed by atoms with Gasteiger partial charge in [0, 0.05) is 11.6 Å². The second-order valence-electron chi connectivity index (χ2n) is 9.30. The molecule has 8 nitrogen and oxygen atoms in total. The highest BCUT2D eigenvalue weighted by atomic mass is 16.5. The van der Waals surface area contributed by atoms with Gasteiger partial charge in [-0.1, -0.05) is 42.5 Å². The zero-order valence-corrected chi connectivity index (χ0v) is 23.4. The van der Waals surface area contributed by atoms with Crippen molar-refractivity contribution in [3.8, 4) is 11.5 Å². The fraction of sp³-hybridized carbons (Fsp3) is 0.219. The molecule has 3 aromatic carbocycles. The van der Waals surface area contributed by atoms with Crippen molar-refractivity contribution in [1.82, 2.24) is 9.78 Å². The number of hydrogen-bond acceptors (Lipinski definition) is 6. The van der Waals surface area contributed by atoms with Crippen LogP contribution in [-0.4, -0.2) is 35.9 Å². The summed E-state index contributed by atoms with van der Waals surface area (Å²) in [6, 6.07) is 20.7. The molecule has 206 valence electrons. The van der Waals surface area contributed by atoms with Gasteiger partial charge in [-0.3, -0.25) is 9.48 Å². The summed E-state index contributed by atoms with van der Waals surface area (Å²) in [6.07, 6.45) is 3.23. The summed E-state index contributed by atoms with van der Waals surface area (Å²) < 4.78 is 18.2. The van der Waals surface area contributed by atoms with Crippen molar-refractivity contribution < 1.29 is 23.8 Å². The molecule has 0 spiro atoms. The third-order valence-corrected chi connectivity index (χ3v) is 6.58. The maximum absolute atomic E-state index is 12.9. The number of nitrogens with zero attached hydrogens (tertiary/aromatic N) is 2. The number of para-hydroxylation sites is 1. The van der Waals surface area contributed by atoms with Gasteiger partial charge in [0.1, 0.15) is 18.1 Å². The molecule has 1 aromatic heterocycles. The van der Waals surface area contributed by atoms with E-state index in [-0.39, 0.29) is 5.91 Å². The number of amides is 1. The van der Waals surface area contributed by atoms with E-state index >= 15 is 0 Å². The standard InChI is InChI=1S/C32H33N3O5/c1-21-10-6-9-13-28(21)40-20-26-18-24(14-16-29(26)38-4)15-17-30(36)33-31-22(2)34-35(23(31)3)19-25-11-7-8-12-27(25)32(37)39-5/h6-18H,19-20H2,1-5H3,(H,33,36)/b17-15+. The van der Waals surface area contributed by atoms with Crippen molar-refractivity contribution in [2.45, 2.75) is 33.9 Å². The van der Waals surface area contributed by atoms with Gasteiger partial charge in [0.25, 0.3) is 0 Å². The number of nitrogens with one attached hydrogen (secondary N) is 1.